The summed E-state index contributed by atoms with van der Waals surface area (Å²) in [4.78, 5) is 0. The van der Waals surface area contributed by atoms with Crippen LogP contribution in [0.5, 0.6) is 5.75 Å². The number of rotatable bonds is 7. The van der Waals surface area contributed by atoms with Crippen LogP contribution in [0.2, 0.25) is 0 Å². The van der Waals surface area contributed by atoms with Crippen LogP contribution in [0.4, 0.5) is 22.0 Å². The van der Waals surface area contributed by atoms with Gasteiger partial charge in [-0.2, -0.15) is 8.78 Å². The average Bonchev–Trinajstić information content (AvgIpc) is 2.71. The van der Waals surface area contributed by atoms with E-state index >= 15 is 0 Å². The zero-order valence-corrected chi connectivity index (χ0v) is 17.0. The van der Waals surface area contributed by atoms with Crippen LogP contribution in [0.25, 0.3) is 11.1 Å². The Bertz CT molecular complexity index is 876. The monoisotopic (exact) mass is 428 g/mol. The summed E-state index contributed by atoms with van der Waals surface area (Å²) in [6, 6.07) is 5.27. The van der Waals surface area contributed by atoms with E-state index in [1.54, 1.807) is 0 Å². The summed E-state index contributed by atoms with van der Waals surface area (Å²) in [6.45, 7) is 2.08. The SMILES string of the molecule is CCCC1CCC(OC(F)(F)c2ccc(-c3ccc(OC)cc3F)c(F)c2F)CC1. The van der Waals surface area contributed by atoms with Crippen molar-refractivity contribution in [1.82, 2.24) is 0 Å². The van der Waals surface area contributed by atoms with E-state index in [1.165, 1.54) is 19.2 Å². The van der Waals surface area contributed by atoms with E-state index < -0.39 is 40.8 Å². The van der Waals surface area contributed by atoms with Gasteiger partial charge in [0.25, 0.3) is 0 Å². The van der Waals surface area contributed by atoms with Crippen molar-refractivity contribution in [3.05, 3.63) is 53.3 Å². The van der Waals surface area contributed by atoms with E-state index in [-0.39, 0.29) is 11.3 Å². The van der Waals surface area contributed by atoms with Gasteiger partial charge >= 0.3 is 6.11 Å². The number of hydrogen-bond acceptors (Lipinski definition) is 2. The van der Waals surface area contributed by atoms with Gasteiger partial charge in [0, 0.05) is 17.2 Å². The largest absolute Gasteiger partial charge is 0.497 e. The van der Waals surface area contributed by atoms with Crippen LogP contribution in [0.1, 0.15) is 51.0 Å². The second-order valence-corrected chi connectivity index (χ2v) is 7.70. The van der Waals surface area contributed by atoms with Crippen LogP contribution in [-0.2, 0) is 10.8 Å². The summed E-state index contributed by atoms with van der Waals surface area (Å²) in [5.74, 6) is -3.45. The van der Waals surface area contributed by atoms with Crippen molar-refractivity contribution in [3.8, 4) is 16.9 Å². The first-order valence-corrected chi connectivity index (χ1v) is 10.1. The number of methoxy groups -OCH3 is 1. The van der Waals surface area contributed by atoms with Crippen molar-refractivity contribution in [1.29, 1.82) is 0 Å². The number of ether oxygens (including phenoxy) is 2. The van der Waals surface area contributed by atoms with Gasteiger partial charge in [-0.25, -0.2) is 13.2 Å². The highest BCUT2D eigenvalue weighted by Crippen LogP contribution is 2.40. The molecule has 3 rings (SSSR count). The van der Waals surface area contributed by atoms with Gasteiger partial charge in [0.15, 0.2) is 11.6 Å². The first-order chi connectivity index (χ1) is 14.3. The van der Waals surface area contributed by atoms with Crippen molar-refractivity contribution in [2.45, 2.75) is 57.7 Å². The maximum Gasteiger partial charge on any atom is 0.386 e. The Labute approximate surface area is 173 Å². The fraction of sp³-hybridized carbons (Fsp3) is 0.478. The molecule has 0 heterocycles. The highest BCUT2D eigenvalue weighted by atomic mass is 19.3. The van der Waals surface area contributed by atoms with E-state index in [9.17, 15) is 22.0 Å². The molecule has 7 heteroatoms. The summed E-state index contributed by atoms with van der Waals surface area (Å²) in [7, 11) is 1.34. The number of halogens is 5. The fourth-order valence-corrected chi connectivity index (χ4v) is 4.04. The quantitative estimate of drug-likeness (QED) is 0.434. The van der Waals surface area contributed by atoms with E-state index in [4.69, 9.17) is 9.47 Å². The average molecular weight is 428 g/mol. The molecule has 2 aromatic rings. The van der Waals surface area contributed by atoms with E-state index in [0.717, 1.165) is 43.9 Å². The Morgan fingerprint density at radius 2 is 1.60 bits per heavy atom. The molecule has 0 radical (unpaired) electrons. The van der Waals surface area contributed by atoms with E-state index in [1.807, 2.05) is 0 Å². The molecule has 0 saturated heterocycles. The molecule has 1 aliphatic rings. The first-order valence-electron chi connectivity index (χ1n) is 10.1. The van der Waals surface area contributed by atoms with Gasteiger partial charge in [-0.3, -0.25) is 0 Å². The second kappa shape index (κ2) is 9.33. The molecule has 30 heavy (non-hydrogen) atoms. The van der Waals surface area contributed by atoms with Gasteiger partial charge in [0.05, 0.1) is 18.8 Å². The molecule has 1 aliphatic carbocycles. The standard InChI is InChI=1S/C23H25F5O2/c1-3-4-14-5-7-15(8-6-14)30-23(27,28)19-12-11-18(21(25)22(19)26)17-10-9-16(29-2)13-20(17)24/h9-15H,3-8H2,1-2H3. The molecule has 2 aromatic carbocycles. The van der Waals surface area contributed by atoms with Crippen molar-refractivity contribution in [2.24, 2.45) is 5.92 Å². The molecule has 1 saturated carbocycles. The highest BCUT2D eigenvalue weighted by molar-refractivity contribution is 5.66. The molecular formula is C23H25F5O2. The van der Waals surface area contributed by atoms with Gasteiger partial charge in [-0.15, -0.1) is 0 Å². The predicted octanol–water partition coefficient (Wildman–Crippen LogP) is 7.20. The van der Waals surface area contributed by atoms with Crippen LogP contribution in [0.15, 0.2) is 30.3 Å². The third kappa shape index (κ3) is 4.77. The van der Waals surface area contributed by atoms with Gasteiger partial charge in [0.1, 0.15) is 11.6 Å². The van der Waals surface area contributed by atoms with Gasteiger partial charge in [0.2, 0.25) is 0 Å². The molecule has 0 atom stereocenters. The minimum atomic E-state index is -3.98. The van der Waals surface area contributed by atoms with Crippen molar-refractivity contribution >= 4 is 0 Å². The smallest absolute Gasteiger partial charge is 0.386 e. The summed E-state index contributed by atoms with van der Waals surface area (Å²) < 4.78 is 82.4. The highest BCUT2D eigenvalue weighted by Gasteiger charge is 2.41. The molecule has 0 amide bonds. The lowest BCUT2D eigenvalue weighted by molar-refractivity contribution is -0.279. The minimum absolute atomic E-state index is 0.197. The summed E-state index contributed by atoms with van der Waals surface area (Å²) in [6.07, 6.45) is -0.135. The molecule has 0 aliphatic heterocycles. The van der Waals surface area contributed by atoms with Gasteiger partial charge in [-0.1, -0.05) is 25.8 Å². The molecule has 0 spiro atoms. The number of hydrogen-bond donors (Lipinski definition) is 0. The Morgan fingerprint density at radius 3 is 2.20 bits per heavy atom. The lowest BCUT2D eigenvalue weighted by atomic mass is 9.84. The zero-order valence-electron chi connectivity index (χ0n) is 17.0. The Morgan fingerprint density at radius 1 is 0.933 bits per heavy atom. The maximum atomic E-state index is 14.6. The molecule has 164 valence electrons. The predicted molar refractivity (Wildman–Crippen MR) is 104 cm³/mol. The van der Waals surface area contributed by atoms with Crippen LogP contribution in [0, 0.1) is 23.4 Å². The minimum Gasteiger partial charge on any atom is -0.497 e. The van der Waals surface area contributed by atoms with Crippen LogP contribution in [0.3, 0.4) is 0 Å². The first kappa shape index (κ1) is 22.5. The Hall–Kier alpha value is -2.15. The van der Waals surface area contributed by atoms with E-state index in [2.05, 4.69) is 6.92 Å². The van der Waals surface area contributed by atoms with Crippen LogP contribution < -0.4 is 4.74 Å². The Kier molecular flexibility index (Phi) is 7.01. The maximum absolute atomic E-state index is 14.6. The van der Waals surface area contributed by atoms with Crippen molar-refractivity contribution in [2.75, 3.05) is 7.11 Å². The zero-order chi connectivity index (χ0) is 21.9. The number of alkyl halides is 2. The van der Waals surface area contributed by atoms with Crippen LogP contribution >= 0.6 is 0 Å². The topological polar surface area (TPSA) is 18.5 Å². The lowest BCUT2D eigenvalue weighted by Gasteiger charge is -2.31. The Balaban J connectivity index is 1.80. The third-order valence-corrected chi connectivity index (χ3v) is 5.67. The molecule has 0 aromatic heterocycles. The third-order valence-electron chi connectivity index (χ3n) is 5.67. The van der Waals surface area contributed by atoms with Crippen LogP contribution in [-0.4, -0.2) is 13.2 Å². The van der Waals surface area contributed by atoms with Crippen molar-refractivity contribution < 1.29 is 31.4 Å². The molecule has 0 N–H and O–H groups in total. The number of benzene rings is 2. The van der Waals surface area contributed by atoms with E-state index in [0.29, 0.717) is 18.8 Å². The molecular weight excluding hydrogens is 403 g/mol. The second-order valence-electron chi connectivity index (χ2n) is 7.70. The van der Waals surface area contributed by atoms with Gasteiger partial charge in [-0.05, 0) is 49.8 Å². The molecule has 1 fully saturated rings. The molecule has 0 unspecified atom stereocenters. The van der Waals surface area contributed by atoms with Crippen molar-refractivity contribution in [3.63, 3.8) is 0 Å². The summed E-state index contributed by atoms with van der Waals surface area (Å²) in [5, 5.41) is 0. The lowest BCUT2D eigenvalue weighted by Crippen LogP contribution is -2.30. The van der Waals surface area contributed by atoms with Gasteiger partial charge < -0.3 is 9.47 Å². The molecule has 2 nitrogen and oxygen atoms in total. The summed E-state index contributed by atoms with van der Waals surface area (Å²) >= 11 is 0. The summed E-state index contributed by atoms with van der Waals surface area (Å²) in [5.41, 5.74) is -1.89. The fourth-order valence-electron chi connectivity index (χ4n) is 4.04. The normalized spacial score (nSPS) is 19.7. The molecule has 0 bridgehead atoms.